The van der Waals surface area contributed by atoms with E-state index in [1.165, 1.54) is 29.5 Å². The maximum absolute atomic E-state index is 12.8. The maximum Gasteiger partial charge on any atom is 0.501 e. The molecule has 6 nitrogen and oxygen atoms in total. The fraction of sp³-hybridized carbons (Fsp3) is 0.143. The van der Waals surface area contributed by atoms with Crippen molar-refractivity contribution in [3.05, 3.63) is 47.6 Å². The number of benzene rings is 1. The highest BCUT2D eigenvalue weighted by Gasteiger charge is 2.47. The minimum atomic E-state index is -5.45. The van der Waals surface area contributed by atoms with Crippen molar-refractivity contribution < 1.29 is 21.6 Å². The van der Waals surface area contributed by atoms with Crippen LogP contribution < -0.4 is 5.32 Å². The van der Waals surface area contributed by atoms with Gasteiger partial charge in [-0.3, -0.25) is 5.10 Å². The molecule has 0 unspecified atom stereocenters. The van der Waals surface area contributed by atoms with Crippen molar-refractivity contribution >= 4 is 26.9 Å². The molecule has 0 saturated carbocycles. The number of hydrogen-bond donors (Lipinski definition) is 2. The Labute approximate surface area is 144 Å². The summed E-state index contributed by atoms with van der Waals surface area (Å²) in [7, 11) is -5.45. The number of H-pyrrole nitrogens is 1. The molecule has 0 spiro atoms. The number of nitrogens with one attached hydrogen (secondary N) is 2. The zero-order chi connectivity index (χ0) is 18.1. The van der Waals surface area contributed by atoms with E-state index < -0.39 is 20.2 Å². The number of nitrogens with zero attached hydrogens (tertiary/aromatic N) is 2. The molecule has 0 bridgehead atoms. The zero-order valence-electron chi connectivity index (χ0n) is 12.4. The van der Waals surface area contributed by atoms with Crippen molar-refractivity contribution in [2.45, 2.75) is 16.9 Å². The fourth-order valence-corrected chi connectivity index (χ4v) is 3.64. The molecule has 0 saturated heterocycles. The Bertz CT molecular complexity index is 966. The van der Waals surface area contributed by atoms with Crippen LogP contribution in [0.4, 0.5) is 18.9 Å². The van der Waals surface area contributed by atoms with Crippen LogP contribution in [0.2, 0.25) is 0 Å². The molecule has 132 valence electrons. The second-order valence-electron chi connectivity index (χ2n) is 4.88. The highest BCUT2D eigenvalue weighted by molar-refractivity contribution is 7.92. The topological polar surface area (TPSA) is 87.7 Å². The van der Waals surface area contributed by atoms with E-state index in [0.717, 1.165) is 10.9 Å². The maximum atomic E-state index is 12.8. The van der Waals surface area contributed by atoms with Gasteiger partial charge in [0.05, 0.1) is 22.0 Å². The Morgan fingerprint density at radius 2 is 1.92 bits per heavy atom. The Morgan fingerprint density at radius 3 is 2.60 bits per heavy atom. The first-order valence-electron chi connectivity index (χ1n) is 6.88. The van der Waals surface area contributed by atoms with Crippen LogP contribution in [0.5, 0.6) is 0 Å². The van der Waals surface area contributed by atoms with Gasteiger partial charge in [-0.25, -0.2) is 13.4 Å². The molecule has 2 aromatic heterocycles. The summed E-state index contributed by atoms with van der Waals surface area (Å²) in [5, 5.41) is 11.2. The molecule has 1 aromatic carbocycles. The standard InChI is InChI=1S/C14H11F3N4O2S2/c15-14(16,17)25(22,23)11-6-2-1-4-9(11)18-8-12-19-13(21-20-12)10-5-3-7-24-10/h1-7,18H,8H2,(H,19,20,21). The lowest BCUT2D eigenvalue weighted by molar-refractivity contribution is -0.0435. The first-order valence-corrected chi connectivity index (χ1v) is 9.25. The summed E-state index contributed by atoms with van der Waals surface area (Å²) in [6.07, 6.45) is 0. The number of aromatic amines is 1. The Hall–Kier alpha value is -2.40. The van der Waals surface area contributed by atoms with Crippen molar-refractivity contribution in [2.24, 2.45) is 0 Å². The van der Waals surface area contributed by atoms with Crippen molar-refractivity contribution in [2.75, 3.05) is 5.32 Å². The minimum Gasteiger partial charge on any atom is -0.377 e. The summed E-state index contributed by atoms with van der Waals surface area (Å²) in [6, 6.07) is 8.50. The van der Waals surface area contributed by atoms with Crippen LogP contribution in [0.1, 0.15) is 5.82 Å². The second-order valence-corrected chi connectivity index (χ2v) is 7.74. The van der Waals surface area contributed by atoms with Crippen molar-refractivity contribution in [1.82, 2.24) is 15.2 Å². The first-order chi connectivity index (χ1) is 11.8. The van der Waals surface area contributed by atoms with E-state index >= 15 is 0 Å². The predicted octanol–water partition coefficient (Wildman–Crippen LogP) is 3.44. The Kier molecular flexibility index (Phi) is 4.52. The minimum absolute atomic E-state index is 0.0111. The lowest BCUT2D eigenvalue weighted by Gasteiger charge is -2.13. The van der Waals surface area contributed by atoms with Gasteiger partial charge in [0.15, 0.2) is 5.82 Å². The number of rotatable bonds is 5. The summed E-state index contributed by atoms with van der Waals surface area (Å²) in [4.78, 5) is 4.22. The molecule has 3 rings (SSSR count). The smallest absolute Gasteiger partial charge is 0.377 e. The van der Waals surface area contributed by atoms with E-state index in [2.05, 4.69) is 20.5 Å². The molecule has 3 aromatic rings. The van der Waals surface area contributed by atoms with Gasteiger partial charge in [0.25, 0.3) is 9.84 Å². The second kappa shape index (κ2) is 6.48. The number of anilines is 1. The number of alkyl halides is 3. The predicted molar refractivity (Wildman–Crippen MR) is 86.7 cm³/mol. The molecular weight excluding hydrogens is 377 g/mol. The largest absolute Gasteiger partial charge is 0.501 e. The van der Waals surface area contributed by atoms with E-state index in [4.69, 9.17) is 0 Å². The van der Waals surface area contributed by atoms with E-state index in [9.17, 15) is 21.6 Å². The zero-order valence-corrected chi connectivity index (χ0v) is 14.0. The quantitative estimate of drug-likeness (QED) is 0.699. The lowest BCUT2D eigenvalue weighted by atomic mass is 10.3. The average Bonchev–Trinajstić information content (AvgIpc) is 3.23. The van der Waals surface area contributed by atoms with Gasteiger partial charge in [-0.1, -0.05) is 18.2 Å². The summed E-state index contributed by atoms with van der Waals surface area (Å²) < 4.78 is 61.6. The number of thiophene rings is 1. The van der Waals surface area contributed by atoms with Gasteiger partial charge in [0.2, 0.25) is 0 Å². The van der Waals surface area contributed by atoms with Gasteiger partial charge in [0.1, 0.15) is 5.82 Å². The molecule has 0 fully saturated rings. The molecule has 2 N–H and O–H groups in total. The summed E-state index contributed by atoms with van der Waals surface area (Å²) >= 11 is 1.44. The average molecular weight is 388 g/mol. The molecule has 0 atom stereocenters. The molecule has 11 heteroatoms. The van der Waals surface area contributed by atoms with Crippen LogP contribution in [0.3, 0.4) is 0 Å². The normalized spacial score (nSPS) is 12.3. The summed E-state index contributed by atoms with van der Waals surface area (Å²) in [5.41, 5.74) is -5.53. The Balaban J connectivity index is 1.81. The van der Waals surface area contributed by atoms with Crippen molar-refractivity contribution in [1.29, 1.82) is 0 Å². The summed E-state index contributed by atoms with van der Waals surface area (Å²) in [6.45, 7) is -0.0111. The SMILES string of the molecule is O=S(=O)(c1ccccc1NCc1nc(-c2cccs2)n[nH]1)C(F)(F)F. The Morgan fingerprint density at radius 1 is 1.16 bits per heavy atom. The molecule has 0 aliphatic heterocycles. The van der Waals surface area contributed by atoms with Crippen LogP contribution in [0, 0.1) is 0 Å². The third-order valence-corrected chi connectivity index (χ3v) is 5.61. The van der Waals surface area contributed by atoms with E-state index in [0.29, 0.717) is 11.6 Å². The molecule has 0 amide bonds. The number of hydrogen-bond acceptors (Lipinski definition) is 6. The highest BCUT2D eigenvalue weighted by Crippen LogP contribution is 2.34. The van der Waals surface area contributed by atoms with Crippen LogP contribution >= 0.6 is 11.3 Å². The van der Waals surface area contributed by atoms with Gasteiger partial charge in [-0.05, 0) is 23.6 Å². The van der Waals surface area contributed by atoms with Gasteiger partial charge < -0.3 is 5.32 Å². The van der Waals surface area contributed by atoms with E-state index in [1.54, 1.807) is 0 Å². The van der Waals surface area contributed by atoms with Crippen LogP contribution in [-0.2, 0) is 16.4 Å². The van der Waals surface area contributed by atoms with Crippen LogP contribution in [-0.4, -0.2) is 29.1 Å². The molecule has 2 heterocycles. The number of sulfone groups is 1. The van der Waals surface area contributed by atoms with Gasteiger partial charge in [0, 0.05) is 0 Å². The van der Waals surface area contributed by atoms with Crippen molar-refractivity contribution in [3.63, 3.8) is 0 Å². The van der Waals surface area contributed by atoms with Gasteiger partial charge in [-0.15, -0.1) is 11.3 Å². The molecule has 0 aliphatic rings. The molecular formula is C14H11F3N4O2S2. The third kappa shape index (κ3) is 3.51. The van der Waals surface area contributed by atoms with Gasteiger partial charge >= 0.3 is 5.51 Å². The number of halogens is 3. The van der Waals surface area contributed by atoms with Crippen LogP contribution in [0.15, 0.2) is 46.7 Å². The van der Waals surface area contributed by atoms with E-state index in [-0.39, 0.29) is 12.2 Å². The first kappa shape index (κ1) is 17.4. The fourth-order valence-electron chi connectivity index (χ4n) is 2.04. The summed E-state index contributed by atoms with van der Waals surface area (Å²) in [5.74, 6) is 0.825. The number of para-hydroxylation sites is 1. The van der Waals surface area contributed by atoms with Crippen molar-refractivity contribution in [3.8, 4) is 10.7 Å². The highest BCUT2D eigenvalue weighted by atomic mass is 32.2. The molecule has 0 aliphatic carbocycles. The monoisotopic (exact) mass is 388 g/mol. The number of aromatic nitrogens is 3. The lowest BCUT2D eigenvalue weighted by Crippen LogP contribution is -2.24. The van der Waals surface area contributed by atoms with Crippen LogP contribution in [0.25, 0.3) is 10.7 Å². The van der Waals surface area contributed by atoms with Gasteiger partial charge in [-0.2, -0.15) is 18.3 Å². The van der Waals surface area contributed by atoms with E-state index in [1.807, 2.05) is 17.5 Å². The third-order valence-electron chi connectivity index (χ3n) is 3.20. The molecule has 0 radical (unpaired) electrons. The molecule has 25 heavy (non-hydrogen) atoms.